The normalized spacial score (nSPS) is 16.8. The molecule has 8 nitrogen and oxygen atoms in total. The molecule has 2 saturated heterocycles. The highest BCUT2D eigenvalue weighted by Crippen LogP contribution is 2.35. The number of esters is 1. The first kappa shape index (κ1) is 25.1. The van der Waals surface area contributed by atoms with Gasteiger partial charge in [0.05, 0.1) is 22.6 Å². The van der Waals surface area contributed by atoms with Crippen LogP contribution in [0.1, 0.15) is 28.8 Å². The number of methoxy groups -OCH3 is 1. The van der Waals surface area contributed by atoms with Gasteiger partial charge in [-0.2, -0.15) is 0 Å². The van der Waals surface area contributed by atoms with Gasteiger partial charge in [-0.05, 0) is 66.6 Å². The molecule has 2 aromatic rings. The van der Waals surface area contributed by atoms with E-state index >= 15 is 0 Å². The first-order valence-corrected chi connectivity index (χ1v) is 12.2. The third-order valence-electron chi connectivity index (χ3n) is 5.46. The molecule has 11 heteroatoms. The minimum absolute atomic E-state index is 0.138. The van der Waals surface area contributed by atoms with Gasteiger partial charge in [0, 0.05) is 18.1 Å². The minimum atomic E-state index is -0.693. The zero-order valence-electron chi connectivity index (χ0n) is 18.6. The standard InChI is InChI=1S/C24H20Cl2N2O6S/c1-33-19-10-14(4-7-18(19)34-23(31)16-6-5-15(25)12-17(16)26)11-20-22(30)28(24(32)35-20)13-21(29)27-8-2-3-9-27/h4-7,10-12H,2-3,8-9,13H2,1H3/b20-11-. The van der Waals surface area contributed by atoms with E-state index in [-0.39, 0.29) is 39.4 Å². The lowest BCUT2D eigenvalue weighted by atomic mass is 10.1. The number of carbonyl (C=O) groups excluding carboxylic acids is 4. The number of hydrogen-bond acceptors (Lipinski definition) is 7. The van der Waals surface area contributed by atoms with Crippen LogP contribution in [0.5, 0.6) is 11.5 Å². The Labute approximate surface area is 215 Å². The number of rotatable bonds is 6. The van der Waals surface area contributed by atoms with E-state index in [2.05, 4.69) is 0 Å². The van der Waals surface area contributed by atoms with Crippen LogP contribution >= 0.6 is 35.0 Å². The van der Waals surface area contributed by atoms with Gasteiger partial charge in [0.1, 0.15) is 6.54 Å². The van der Waals surface area contributed by atoms with E-state index in [1.807, 2.05) is 0 Å². The highest BCUT2D eigenvalue weighted by molar-refractivity contribution is 8.18. The molecule has 35 heavy (non-hydrogen) atoms. The van der Waals surface area contributed by atoms with Crippen molar-refractivity contribution in [2.45, 2.75) is 12.8 Å². The van der Waals surface area contributed by atoms with Crippen molar-refractivity contribution in [2.75, 3.05) is 26.7 Å². The summed E-state index contributed by atoms with van der Waals surface area (Å²) in [5, 5.41) is 0.0430. The Morgan fingerprint density at radius 1 is 1.06 bits per heavy atom. The van der Waals surface area contributed by atoms with E-state index in [0.29, 0.717) is 23.7 Å². The summed E-state index contributed by atoms with van der Waals surface area (Å²) in [6.07, 6.45) is 3.37. The van der Waals surface area contributed by atoms with Gasteiger partial charge < -0.3 is 14.4 Å². The number of hydrogen-bond donors (Lipinski definition) is 0. The van der Waals surface area contributed by atoms with Crippen LogP contribution in [0.25, 0.3) is 6.08 Å². The van der Waals surface area contributed by atoms with Crippen LogP contribution in [-0.4, -0.2) is 59.6 Å². The fourth-order valence-corrected chi connectivity index (χ4v) is 4.98. The van der Waals surface area contributed by atoms with Crippen LogP contribution in [0, 0.1) is 0 Å². The summed E-state index contributed by atoms with van der Waals surface area (Å²) in [6, 6.07) is 9.10. The average Bonchev–Trinajstić information content (AvgIpc) is 3.45. The third kappa shape index (κ3) is 5.63. The van der Waals surface area contributed by atoms with Crippen molar-refractivity contribution in [1.82, 2.24) is 9.80 Å². The number of likely N-dealkylation sites (tertiary alicyclic amines) is 1. The number of amides is 3. The molecule has 3 amide bonds. The first-order chi connectivity index (χ1) is 16.8. The molecule has 0 saturated carbocycles. The molecule has 0 N–H and O–H groups in total. The Balaban J connectivity index is 1.49. The molecule has 0 aromatic heterocycles. The van der Waals surface area contributed by atoms with Gasteiger partial charge in [-0.15, -0.1) is 0 Å². The molecule has 4 rings (SSSR count). The van der Waals surface area contributed by atoms with Crippen LogP contribution < -0.4 is 9.47 Å². The van der Waals surface area contributed by atoms with Gasteiger partial charge in [-0.3, -0.25) is 19.3 Å². The molecule has 2 aromatic carbocycles. The SMILES string of the molecule is COc1cc(/C=C2\SC(=O)N(CC(=O)N3CCCC3)C2=O)ccc1OC(=O)c1ccc(Cl)cc1Cl. The number of imide groups is 1. The Morgan fingerprint density at radius 2 is 1.80 bits per heavy atom. The first-order valence-electron chi connectivity index (χ1n) is 10.6. The second-order valence-electron chi connectivity index (χ2n) is 7.78. The zero-order valence-corrected chi connectivity index (χ0v) is 20.9. The fourth-order valence-electron chi connectivity index (χ4n) is 3.66. The number of halogens is 2. The van der Waals surface area contributed by atoms with Gasteiger partial charge in [0.2, 0.25) is 5.91 Å². The second-order valence-corrected chi connectivity index (χ2v) is 9.62. The Kier molecular flexibility index (Phi) is 7.69. The maximum absolute atomic E-state index is 12.8. The summed E-state index contributed by atoms with van der Waals surface area (Å²) >= 11 is 12.7. The summed E-state index contributed by atoms with van der Waals surface area (Å²) in [5.74, 6) is -1.08. The molecule has 0 spiro atoms. The van der Waals surface area contributed by atoms with Crippen molar-refractivity contribution in [3.63, 3.8) is 0 Å². The minimum Gasteiger partial charge on any atom is -0.493 e. The highest BCUT2D eigenvalue weighted by Gasteiger charge is 2.37. The Morgan fingerprint density at radius 3 is 2.49 bits per heavy atom. The van der Waals surface area contributed by atoms with Crippen molar-refractivity contribution in [3.8, 4) is 11.5 Å². The van der Waals surface area contributed by atoms with Crippen LogP contribution in [-0.2, 0) is 9.59 Å². The monoisotopic (exact) mass is 534 g/mol. The maximum Gasteiger partial charge on any atom is 0.345 e. The van der Waals surface area contributed by atoms with Crippen LogP contribution in [0.15, 0.2) is 41.3 Å². The number of thioether (sulfide) groups is 1. The van der Waals surface area contributed by atoms with Crippen molar-refractivity contribution in [1.29, 1.82) is 0 Å². The van der Waals surface area contributed by atoms with Crippen LogP contribution in [0.4, 0.5) is 4.79 Å². The van der Waals surface area contributed by atoms with Crippen molar-refractivity contribution >= 4 is 64.1 Å². The predicted molar refractivity (Wildman–Crippen MR) is 133 cm³/mol. The second kappa shape index (κ2) is 10.7. The van der Waals surface area contributed by atoms with E-state index in [1.54, 1.807) is 17.0 Å². The van der Waals surface area contributed by atoms with Crippen LogP contribution in [0.2, 0.25) is 10.0 Å². The molecular formula is C24H20Cl2N2O6S. The Bertz CT molecular complexity index is 1240. The van der Waals surface area contributed by atoms with Gasteiger partial charge in [0.15, 0.2) is 11.5 Å². The summed E-state index contributed by atoms with van der Waals surface area (Å²) in [7, 11) is 1.41. The van der Waals surface area contributed by atoms with Gasteiger partial charge in [-0.1, -0.05) is 29.3 Å². The van der Waals surface area contributed by atoms with E-state index in [0.717, 1.165) is 29.5 Å². The fraction of sp³-hybridized carbons (Fsp3) is 0.250. The smallest absolute Gasteiger partial charge is 0.345 e. The number of carbonyl (C=O) groups is 4. The molecule has 0 bridgehead atoms. The van der Waals surface area contributed by atoms with E-state index in [1.165, 1.54) is 37.5 Å². The molecule has 2 heterocycles. The van der Waals surface area contributed by atoms with E-state index < -0.39 is 17.1 Å². The van der Waals surface area contributed by atoms with E-state index in [9.17, 15) is 19.2 Å². The molecule has 182 valence electrons. The number of nitrogens with zero attached hydrogens (tertiary/aromatic N) is 2. The molecule has 0 radical (unpaired) electrons. The maximum atomic E-state index is 12.8. The lowest BCUT2D eigenvalue weighted by molar-refractivity contribution is -0.135. The molecule has 0 aliphatic carbocycles. The van der Waals surface area contributed by atoms with Crippen LogP contribution in [0.3, 0.4) is 0 Å². The molecular weight excluding hydrogens is 515 g/mol. The molecule has 2 fully saturated rings. The Hall–Kier alpha value is -3.01. The van der Waals surface area contributed by atoms with Gasteiger partial charge in [0.25, 0.3) is 11.1 Å². The zero-order chi connectivity index (χ0) is 25.1. The molecule has 0 unspecified atom stereocenters. The largest absolute Gasteiger partial charge is 0.493 e. The quantitative estimate of drug-likeness (QED) is 0.296. The molecule has 2 aliphatic rings. The topological polar surface area (TPSA) is 93.2 Å². The van der Waals surface area contributed by atoms with Crippen molar-refractivity contribution < 1.29 is 28.7 Å². The lowest BCUT2D eigenvalue weighted by Gasteiger charge is -2.18. The summed E-state index contributed by atoms with van der Waals surface area (Å²) < 4.78 is 10.8. The third-order valence-corrected chi connectivity index (χ3v) is 6.92. The lowest BCUT2D eigenvalue weighted by Crippen LogP contribution is -2.40. The van der Waals surface area contributed by atoms with E-state index in [4.69, 9.17) is 32.7 Å². The molecule has 2 aliphatic heterocycles. The number of ether oxygens (including phenoxy) is 2. The van der Waals surface area contributed by atoms with Gasteiger partial charge >= 0.3 is 5.97 Å². The predicted octanol–water partition coefficient (Wildman–Crippen LogP) is 4.88. The number of benzene rings is 2. The van der Waals surface area contributed by atoms with Crippen molar-refractivity contribution in [3.05, 3.63) is 62.5 Å². The summed E-state index contributed by atoms with van der Waals surface area (Å²) in [4.78, 5) is 52.9. The molecule has 0 atom stereocenters. The average molecular weight is 535 g/mol. The van der Waals surface area contributed by atoms with Gasteiger partial charge in [-0.25, -0.2) is 4.79 Å². The highest BCUT2D eigenvalue weighted by atomic mass is 35.5. The summed E-state index contributed by atoms with van der Waals surface area (Å²) in [5.41, 5.74) is 0.682. The van der Waals surface area contributed by atoms with Crippen molar-refractivity contribution in [2.24, 2.45) is 0 Å². The summed E-state index contributed by atoms with van der Waals surface area (Å²) in [6.45, 7) is 1.02.